The zero-order valence-electron chi connectivity index (χ0n) is 9.81. The van der Waals surface area contributed by atoms with Crippen LogP contribution < -0.4 is 10.6 Å². The van der Waals surface area contributed by atoms with E-state index in [1.807, 2.05) is 0 Å². The van der Waals surface area contributed by atoms with E-state index in [0.717, 1.165) is 5.56 Å². The first-order valence-electron chi connectivity index (χ1n) is 5.51. The molecule has 1 aromatic carbocycles. The molecule has 1 aromatic rings. The van der Waals surface area contributed by atoms with E-state index >= 15 is 0 Å². The third kappa shape index (κ3) is 4.42. The van der Waals surface area contributed by atoms with Crippen molar-refractivity contribution in [1.29, 1.82) is 0 Å². The number of likely N-dealkylation sites (N-methyl/N-ethyl adjacent to an activating group) is 1. The Bertz CT molecular complexity index is 351. The number of amides is 1. The molecule has 1 atom stereocenters. The van der Waals surface area contributed by atoms with Crippen LogP contribution in [0.15, 0.2) is 24.3 Å². The van der Waals surface area contributed by atoms with Gasteiger partial charge in [0.25, 0.3) is 0 Å². The van der Waals surface area contributed by atoms with E-state index < -0.39 is 0 Å². The van der Waals surface area contributed by atoms with Crippen molar-refractivity contribution in [2.45, 2.75) is 12.5 Å². The predicted octanol–water partition coefficient (Wildman–Crippen LogP) is -0.369. The molecule has 5 heteroatoms. The Labute approximate surface area is 100 Å². The molecule has 1 amide bonds. The number of rotatable bonds is 6. The number of phenols is 1. The fourth-order valence-corrected chi connectivity index (χ4v) is 1.50. The average Bonchev–Trinajstić information content (AvgIpc) is 2.35. The molecule has 0 fully saturated rings. The Hall–Kier alpha value is -1.59. The SMILES string of the molecule is CN[C@@H](Cc1ccc(O)cc1)C(=O)NCCO. The maximum Gasteiger partial charge on any atom is 0.237 e. The highest BCUT2D eigenvalue weighted by molar-refractivity contribution is 5.82. The highest BCUT2D eigenvalue weighted by atomic mass is 16.3. The van der Waals surface area contributed by atoms with Gasteiger partial charge in [-0.15, -0.1) is 0 Å². The lowest BCUT2D eigenvalue weighted by molar-refractivity contribution is -0.123. The highest BCUT2D eigenvalue weighted by Crippen LogP contribution is 2.11. The molecular formula is C12H18N2O3. The molecule has 0 radical (unpaired) electrons. The summed E-state index contributed by atoms with van der Waals surface area (Å²) in [6.45, 7) is 0.188. The van der Waals surface area contributed by atoms with E-state index in [4.69, 9.17) is 10.2 Å². The summed E-state index contributed by atoms with van der Waals surface area (Å²) in [5.74, 6) is 0.0640. The second kappa shape index (κ2) is 6.88. The van der Waals surface area contributed by atoms with E-state index in [0.29, 0.717) is 6.42 Å². The number of hydrogen-bond donors (Lipinski definition) is 4. The van der Waals surface area contributed by atoms with Gasteiger partial charge < -0.3 is 20.8 Å². The summed E-state index contributed by atoms with van der Waals surface area (Å²) in [7, 11) is 1.71. The van der Waals surface area contributed by atoms with Crippen LogP contribution in [0.2, 0.25) is 0 Å². The quantitative estimate of drug-likeness (QED) is 0.545. The van der Waals surface area contributed by atoms with E-state index in [-0.39, 0.29) is 30.9 Å². The molecule has 0 aromatic heterocycles. The number of nitrogens with one attached hydrogen (secondary N) is 2. The van der Waals surface area contributed by atoms with Crippen LogP contribution in [0.3, 0.4) is 0 Å². The van der Waals surface area contributed by atoms with Crippen molar-refractivity contribution in [3.63, 3.8) is 0 Å². The Balaban J connectivity index is 2.57. The van der Waals surface area contributed by atoms with Gasteiger partial charge in [-0.1, -0.05) is 12.1 Å². The molecule has 5 nitrogen and oxygen atoms in total. The first-order chi connectivity index (χ1) is 8.17. The number of benzene rings is 1. The summed E-state index contributed by atoms with van der Waals surface area (Å²) >= 11 is 0. The van der Waals surface area contributed by atoms with Crippen LogP contribution in [0.4, 0.5) is 0 Å². The summed E-state index contributed by atoms with van der Waals surface area (Å²) < 4.78 is 0. The second-order valence-corrected chi connectivity index (χ2v) is 3.73. The van der Waals surface area contributed by atoms with Crippen molar-refractivity contribution in [2.24, 2.45) is 0 Å². The standard InChI is InChI=1S/C12H18N2O3/c1-13-11(12(17)14-6-7-15)8-9-2-4-10(16)5-3-9/h2-5,11,13,15-16H,6-8H2,1H3,(H,14,17)/t11-/m0/s1. The van der Waals surface area contributed by atoms with E-state index in [1.54, 1.807) is 31.3 Å². The van der Waals surface area contributed by atoms with Crippen molar-refractivity contribution in [1.82, 2.24) is 10.6 Å². The van der Waals surface area contributed by atoms with Crippen molar-refractivity contribution in [2.75, 3.05) is 20.2 Å². The number of phenolic OH excluding ortho intramolecular Hbond substituents is 1. The van der Waals surface area contributed by atoms with E-state index in [2.05, 4.69) is 10.6 Å². The van der Waals surface area contributed by atoms with Crippen LogP contribution in [-0.4, -0.2) is 42.4 Å². The largest absolute Gasteiger partial charge is 0.508 e. The van der Waals surface area contributed by atoms with Crippen molar-refractivity contribution in [3.8, 4) is 5.75 Å². The number of aliphatic hydroxyl groups excluding tert-OH is 1. The second-order valence-electron chi connectivity index (χ2n) is 3.73. The van der Waals surface area contributed by atoms with Gasteiger partial charge >= 0.3 is 0 Å². The van der Waals surface area contributed by atoms with Crippen molar-refractivity contribution < 1.29 is 15.0 Å². The molecule has 1 rings (SSSR count). The maximum atomic E-state index is 11.7. The summed E-state index contributed by atoms with van der Waals surface area (Å²) in [5, 5.41) is 23.3. The molecular weight excluding hydrogens is 220 g/mol. The lowest BCUT2D eigenvalue weighted by atomic mass is 10.1. The fourth-order valence-electron chi connectivity index (χ4n) is 1.50. The first-order valence-corrected chi connectivity index (χ1v) is 5.51. The van der Waals surface area contributed by atoms with Gasteiger partial charge in [0.05, 0.1) is 12.6 Å². The molecule has 94 valence electrons. The van der Waals surface area contributed by atoms with Gasteiger partial charge in [0.15, 0.2) is 0 Å². The van der Waals surface area contributed by atoms with Crippen LogP contribution >= 0.6 is 0 Å². The van der Waals surface area contributed by atoms with Crippen LogP contribution in [0.25, 0.3) is 0 Å². The molecule has 0 saturated carbocycles. The van der Waals surface area contributed by atoms with Gasteiger partial charge in [-0.25, -0.2) is 0 Å². The van der Waals surface area contributed by atoms with Gasteiger partial charge in [0.2, 0.25) is 5.91 Å². The molecule has 0 aliphatic heterocycles. The highest BCUT2D eigenvalue weighted by Gasteiger charge is 2.15. The Kier molecular flexibility index (Phi) is 5.45. The van der Waals surface area contributed by atoms with Crippen LogP contribution in [0.1, 0.15) is 5.56 Å². The average molecular weight is 238 g/mol. The monoisotopic (exact) mass is 238 g/mol. The molecule has 0 unspecified atom stereocenters. The van der Waals surface area contributed by atoms with Crippen molar-refractivity contribution >= 4 is 5.91 Å². The van der Waals surface area contributed by atoms with Gasteiger partial charge in [0, 0.05) is 6.54 Å². The molecule has 0 heterocycles. The summed E-state index contributed by atoms with van der Waals surface area (Å²) in [6.07, 6.45) is 0.536. The first kappa shape index (κ1) is 13.5. The summed E-state index contributed by atoms with van der Waals surface area (Å²) in [6, 6.07) is 6.39. The van der Waals surface area contributed by atoms with Gasteiger partial charge in [-0.2, -0.15) is 0 Å². The molecule has 4 N–H and O–H groups in total. The van der Waals surface area contributed by atoms with Gasteiger partial charge in [-0.3, -0.25) is 4.79 Å². The number of carbonyl (C=O) groups excluding carboxylic acids is 1. The minimum Gasteiger partial charge on any atom is -0.508 e. The van der Waals surface area contributed by atoms with Gasteiger partial charge in [0.1, 0.15) is 5.75 Å². The Morgan fingerprint density at radius 3 is 2.53 bits per heavy atom. The number of hydrogen-bond acceptors (Lipinski definition) is 4. The summed E-state index contributed by atoms with van der Waals surface area (Å²) in [4.78, 5) is 11.7. The van der Waals surface area contributed by atoms with Crippen molar-refractivity contribution in [3.05, 3.63) is 29.8 Å². The fraction of sp³-hybridized carbons (Fsp3) is 0.417. The normalized spacial score (nSPS) is 12.1. The minimum absolute atomic E-state index is 0.0681. The molecule has 0 saturated heterocycles. The zero-order valence-corrected chi connectivity index (χ0v) is 9.81. The topological polar surface area (TPSA) is 81.6 Å². The zero-order chi connectivity index (χ0) is 12.7. The Morgan fingerprint density at radius 2 is 2.00 bits per heavy atom. The van der Waals surface area contributed by atoms with Gasteiger partial charge in [-0.05, 0) is 31.2 Å². The lowest BCUT2D eigenvalue weighted by Gasteiger charge is -2.15. The third-order valence-electron chi connectivity index (χ3n) is 2.45. The molecule has 17 heavy (non-hydrogen) atoms. The minimum atomic E-state index is -0.342. The maximum absolute atomic E-state index is 11.7. The molecule has 0 aliphatic rings. The van der Waals surface area contributed by atoms with Crippen LogP contribution in [0.5, 0.6) is 5.75 Å². The molecule has 0 spiro atoms. The lowest BCUT2D eigenvalue weighted by Crippen LogP contribution is -2.44. The Morgan fingerprint density at radius 1 is 1.35 bits per heavy atom. The molecule has 0 aliphatic carbocycles. The number of aliphatic hydroxyl groups is 1. The van der Waals surface area contributed by atoms with E-state index in [1.165, 1.54) is 0 Å². The van der Waals surface area contributed by atoms with Crippen LogP contribution in [0, 0.1) is 0 Å². The third-order valence-corrected chi connectivity index (χ3v) is 2.45. The smallest absolute Gasteiger partial charge is 0.237 e. The number of aromatic hydroxyl groups is 1. The predicted molar refractivity (Wildman–Crippen MR) is 64.8 cm³/mol. The summed E-state index contributed by atoms with van der Waals surface area (Å²) in [5.41, 5.74) is 0.960. The molecule has 0 bridgehead atoms. The number of carbonyl (C=O) groups is 1. The van der Waals surface area contributed by atoms with Crippen LogP contribution in [-0.2, 0) is 11.2 Å². The van der Waals surface area contributed by atoms with E-state index in [9.17, 15) is 4.79 Å².